The van der Waals surface area contributed by atoms with Gasteiger partial charge in [-0.05, 0) is 45.0 Å². The molecule has 0 unspecified atom stereocenters. The lowest BCUT2D eigenvalue weighted by molar-refractivity contribution is -0.118. The third kappa shape index (κ3) is 3.66. The predicted octanol–water partition coefficient (Wildman–Crippen LogP) is 2.44. The van der Waals surface area contributed by atoms with E-state index in [-0.39, 0.29) is 0 Å². The molecule has 1 N–H and O–H groups in total. The van der Waals surface area contributed by atoms with Crippen LogP contribution in [-0.4, -0.2) is 17.2 Å². The molecule has 0 aliphatic rings. The molecular formula is C12H14ClNO2. The normalized spacial score (nSPS) is 11.0. The second-order valence-corrected chi connectivity index (χ2v) is 4.98. The molecule has 0 atom stereocenters. The van der Waals surface area contributed by atoms with Gasteiger partial charge in [-0.2, -0.15) is 0 Å². The first kappa shape index (κ1) is 12.7. The Morgan fingerprint density at radius 1 is 1.12 bits per heavy atom. The van der Waals surface area contributed by atoms with Gasteiger partial charge in [-0.1, -0.05) is 11.6 Å². The first-order chi connectivity index (χ1) is 7.29. The molecule has 4 heteroatoms. The highest BCUT2D eigenvalue weighted by molar-refractivity contribution is 6.43. The summed E-state index contributed by atoms with van der Waals surface area (Å²) in [6.07, 6.45) is 0. The Kier molecular flexibility index (Phi) is 3.70. The quantitative estimate of drug-likeness (QED) is 0.637. The van der Waals surface area contributed by atoms with Gasteiger partial charge in [0.15, 0.2) is 0 Å². The maximum absolute atomic E-state index is 11.7. The van der Waals surface area contributed by atoms with Crippen molar-refractivity contribution >= 4 is 23.3 Å². The zero-order valence-electron chi connectivity index (χ0n) is 9.50. The van der Waals surface area contributed by atoms with E-state index in [1.54, 1.807) is 12.1 Å². The summed E-state index contributed by atoms with van der Waals surface area (Å²) in [6.45, 7) is 5.46. The van der Waals surface area contributed by atoms with Gasteiger partial charge in [-0.15, -0.1) is 0 Å². The summed E-state index contributed by atoms with van der Waals surface area (Å²) in [6, 6.07) is 6.23. The monoisotopic (exact) mass is 239 g/mol. The van der Waals surface area contributed by atoms with Crippen molar-refractivity contribution in [2.45, 2.75) is 26.3 Å². The zero-order chi connectivity index (χ0) is 12.3. The minimum Gasteiger partial charge on any atom is -0.345 e. The van der Waals surface area contributed by atoms with Crippen LogP contribution in [0.2, 0.25) is 5.02 Å². The van der Waals surface area contributed by atoms with E-state index in [0.29, 0.717) is 10.6 Å². The van der Waals surface area contributed by atoms with Crippen LogP contribution < -0.4 is 5.32 Å². The van der Waals surface area contributed by atoms with Gasteiger partial charge in [-0.25, -0.2) is 0 Å². The van der Waals surface area contributed by atoms with Crippen molar-refractivity contribution in [1.29, 1.82) is 0 Å². The number of nitrogens with one attached hydrogen (secondary N) is 1. The van der Waals surface area contributed by atoms with Gasteiger partial charge in [0, 0.05) is 16.1 Å². The fourth-order valence-corrected chi connectivity index (χ4v) is 1.26. The molecule has 0 spiro atoms. The minimum atomic E-state index is -0.602. The summed E-state index contributed by atoms with van der Waals surface area (Å²) in [5.74, 6) is -1.15. The number of rotatable bonds is 2. The summed E-state index contributed by atoms with van der Waals surface area (Å²) in [4.78, 5) is 23.2. The van der Waals surface area contributed by atoms with Gasteiger partial charge < -0.3 is 5.32 Å². The topological polar surface area (TPSA) is 46.2 Å². The molecule has 0 saturated heterocycles. The number of carbonyl (C=O) groups is 2. The van der Waals surface area contributed by atoms with Gasteiger partial charge in [0.05, 0.1) is 0 Å². The van der Waals surface area contributed by atoms with Crippen molar-refractivity contribution in [2.75, 3.05) is 0 Å². The first-order valence-corrected chi connectivity index (χ1v) is 5.30. The number of hydrogen-bond acceptors (Lipinski definition) is 2. The molecule has 0 bridgehead atoms. The minimum absolute atomic E-state index is 0.339. The third-order valence-electron chi connectivity index (χ3n) is 1.80. The average Bonchev–Trinajstić information content (AvgIpc) is 2.15. The molecule has 1 rings (SSSR count). The van der Waals surface area contributed by atoms with Crippen LogP contribution in [-0.2, 0) is 4.79 Å². The second kappa shape index (κ2) is 4.66. The lowest BCUT2D eigenvalue weighted by Crippen LogP contribution is -2.44. The van der Waals surface area contributed by atoms with E-state index in [0.717, 1.165) is 0 Å². The molecule has 0 aliphatic carbocycles. The van der Waals surface area contributed by atoms with Crippen LogP contribution in [0.3, 0.4) is 0 Å². The highest BCUT2D eigenvalue weighted by atomic mass is 35.5. The van der Waals surface area contributed by atoms with Crippen LogP contribution in [0.15, 0.2) is 24.3 Å². The standard InChI is InChI=1S/C12H14ClNO2/c1-12(2,3)14-11(16)10(15)8-4-6-9(13)7-5-8/h4-7H,1-3H3,(H,14,16). The highest BCUT2D eigenvalue weighted by Gasteiger charge is 2.21. The summed E-state index contributed by atoms with van der Waals surface area (Å²) in [5.41, 5.74) is -0.0785. The summed E-state index contributed by atoms with van der Waals surface area (Å²) in [7, 11) is 0. The summed E-state index contributed by atoms with van der Waals surface area (Å²) < 4.78 is 0. The molecule has 0 heterocycles. The Labute approximate surface area is 99.8 Å². The first-order valence-electron chi connectivity index (χ1n) is 4.92. The third-order valence-corrected chi connectivity index (χ3v) is 2.05. The maximum atomic E-state index is 11.7. The fraction of sp³-hybridized carbons (Fsp3) is 0.333. The molecule has 3 nitrogen and oxygen atoms in total. The van der Waals surface area contributed by atoms with Gasteiger partial charge in [-0.3, -0.25) is 9.59 Å². The van der Waals surface area contributed by atoms with E-state index in [4.69, 9.17) is 11.6 Å². The Morgan fingerprint density at radius 3 is 2.06 bits per heavy atom. The molecule has 0 saturated carbocycles. The number of benzene rings is 1. The van der Waals surface area contributed by atoms with E-state index in [9.17, 15) is 9.59 Å². The fourth-order valence-electron chi connectivity index (χ4n) is 1.13. The van der Waals surface area contributed by atoms with Crippen LogP contribution in [0.1, 0.15) is 31.1 Å². The number of halogens is 1. The van der Waals surface area contributed by atoms with Crippen molar-refractivity contribution < 1.29 is 9.59 Å². The Hall–Kier alpha value is -1.35. The second-order valence-electron chi connectivity index (χ2n) is 4.54. The van der Waals surface area contributed by atoms with Crippen LogP contribution in [0.5, 0.6) is 0 Å². The molecule has 0 aliphatic heterocycles. The van der Waals surface area contributed by atoms with Crippen LogP contribution in [0, 0.1) is 0 Å². The summed E-state index contributed by atoms with van der Waals surface area (Å²) in [5, 5.41) is 3.15. The Balaban J connectivity index is 2.79. The average molecular weight is 240 g/mol. The molecule has 86 valence electrons. The molecule has 16 heavy (non-hydrogen) atoms. The van der Waals surface area contributed by atoms with Crippen LogP contribution in [0.4, 0.5) is 0 Å². The number of carbonyl (C=O) groups excluding carboxylic acids is 2. The molecule has 1 amide bonds. The van der Waals surface area contributed by atoms with E-state index in [1.165, 1.54) is 12.1 Å². The van der Waals surface area contributed by atoms with E-state index in [2.05, 4.69) is 5.32 Å². The van der Waals surface area contributed by atoms with Crippen molar-refractivity contribution in [1.82, 2.24) is 5.32 Å². The maximum Gasteiger partial charge on any atom is 0.292 e. The molecule has 0 fully saturated rings. The van der Waals surface area contributed by atoms with Gasteiger partial charge in [0.2, 0.25) is 5.78 Å². The van der Waals surface area contributed by atoms with Crippen molar-refractivity contribution in [3.05, 3.63) is 34.9 Å². The largest absolute Gasteiger partial charge is 0.345 e. The molecule has 1 aromatic carbocycles. The number of amides is 1. The smallest absolute Gasteiger partial charge is 0.292 e. The Bertz CT molecular complexity index is 404. The molecule has 0 aromatic heterocycles. The van der Waals surface area contributed by atoms with Crippen molar-refractivity contribution in [2.24, 2.45) is 0 Å². The predicted molar refractivity (Wildman–Crippen MR) is 63.7 cm³/mol. The SMILES string of the molecule is CC(C)(C)NC(=O)C(=O)c1ccc(Cl)cc1. The number of Topliss-reactive ketones (excluding diaryl/α,β-unsaturated/α-hetero) is 1. The van der Waals surface area contributed by atoms with Crippen molar-refractivity contribution in [3.8, 4) is 0 Å². The van der Waals surface area contributed by atoms with Crippen LogP contribution in [0.25, 0.3) is 0 Å². The van der Waals surface area contributed by atoms with Gasteiger partial charge >= 0.3 is 0 Å². The highest BCUT2D eigenvalue weighted by Crippen LogP contribution is 2.10. The lowest BCUT2D eigenvalue weighted by Gasteiger charge is -2.19. The van der Waals surface area contributed by atoms with E-state index < -0.39 is 17.2 Å². The molecule has 1 aromatic rings. The van der Waals surface area contributed by atoms with Gasteiger partial charge in [0.1, 0.15) is 0 Å². The summed E-state index contributed by atoms with van der Waals surface area (Å²) >= 11 is 5.69. The van der Waals surface area contributed by atoms with Crippen molar-refractivity contribution in [3.63, 3.8) is 0 Å². The van der Waals surface area contributed by atoms with E-state index >= 15 is 0 Å². The molecular weight excluding hydrogens is 226 g/mol. The van der Waals surface area contributed by atoms with E-state index in [1.807, 2.05) is 20.8 Å². The Morgan fingerprint density at radius 2 is 1.62 bits per heavy atom. The number of ketones is 1. The van der Waals surface area contributed by atoms with Crippen LogP contribution >= 0.6 is 11.6 Å². The molecule has 0 radical (unpaired) electrons. The number of hydrogen-bond donors (Lipinski definition) is 1. The van der Waals surface area contributed by atoms with Gasteiger partial charge in [0.25, 0.3) is 5.91 Å². The zero-order valence-corrected chi connectivity index (χ0v) is 10.3. The lowest BCUT2D eigenvalue weighted by atomic mass is 10.1.